The minimum atomic E-state index is -0.651. The molecule has 2 saturated heterocycles. The fourth-order valence-electron chi connectivity index (χ4n) is 4.21. The van der Waals surface area contributed by atoms with Gasteiger partial charge in [0.1, 0.15) is 5.76 Å². The number of aromatic nitrogens is 1. The molecule has 1 amide bonds. The van der Waals surface area contributed by atoms with E-state index in [2.05, 4.69) is 9.88 Å². The number of morpholine rings is 1. The molecule has 1 N–H and O–H groups in total. The number of ether oxygens (including phenoxy) is 1. The number of hydrogen-bond acceptors (Lipinski definition) is 6. The zero-order valence-corrected chi connectivity index (χ0v) is 17.9. The summed E-state index contributed by atoms with van der Waals surface area (Å²) in [6, 6.07) is 8.62. The molecule has 4 rings (SSSR count). The van der Waals surface area contributed by atoms with Gasteiger partial charge >= 0.3 is 0 Å². The minimum absolute atomic E-state index is 0.129. The Balaban J connectivity index is 1.75. The largest absolute Gasteiger partial charge is 0.507 e. The van der Waals surface area contributed by atoms with Crippen LogP contribution in [0.25, 0.3) is 5.76 Å². The maximum absolute atomic E-state index is 13.1. The van der Waals surface area contributed by atoms with Gasteiger partial charge < -0.3 is 14.7 Å². The molecular formula is C24H27N3O4. The Kier molecular flexibility index (Phi) is 6.15. The molecule has 1 aromatic heterocycles. The van der Waals surface area contributed by atoms with Crippen LogP contribution in [0.3, 0.4) is 0 Å². The van der Waals surface area contributed by atoms with Crippen molar-refractivity contribution < 1.29 is 19.4 Å². The number of amides is 1. The number of aryl methyl sites for hydroxylation is 2. The number of aliphatic hydroxyl groups excluding tert-OH is 1. The number of pyridine rings is 1. The number of benzene rings is 1. The van der Waals surface area contributed by atoms with E-state index in [1.807, 2.05) is 32.0 Å². The summed E-state index contributed by atoms with van der Waals surface area (Å²) in [6.45, 7) is 7.77. The summed E-state index contributed by atoms with van der Waals surface area (Å²) in [6.07, 6.45) is 3.27. The van der Waals surface area contributed by atoms with Crippen LogP contribution < -0.4 is 0 Å². The first-order valence-electron chi connectivity index (χ1n) is 10.5. The number of likely N-dealkylation sites (tertiary alicyclic amines) is 1. The van der Waals surface area contributed by atoms with Gasteiger partial charge in [0, 0.05) is 44.1 Å². The van der Waals surface area contributed by atoms with E-state index in [4.69, 9.17) is 4.74 Å². The Morgan fingerprint density at radius 3 is 2.52 bits per heavy atom. The van der Waals surface area contributed by atoms with Crippen LogP contribution in [0.4, 0.5) is 0 Å². The molecule has 0 bridgehead atoms. The monoisotopic (exact) mass is 421 g/mol. The molecule has 7 heteroatoms. The molecule has 31 heavy (non-hydrogen) atoms. The van der Waals surface area contributed by atoms with E-state index in [1.54, 1.807) is 29.4 Å². The minimum Gasteiger partial charge on any atom is -0.507 e. The van der Waals surface area contributed by atoms with Gasteiger partial charge in [0.25, 0.3) is 11.7 Å². The highest BCUT2D eigenvalue weighted by molar-refractivity contribution is 6.46. The number of Topliss-reactive ketones (excluding diaryl/α,β-unsaturated/α-hetero) is 1. The third kappa shape index (κ3) is 4.24. The fourth-order valence-corrected chi connectivity index (χ4v) is 4.21. The zero-order valence-electron chi connectivity index (χ0n) is 17.9. The van der Waals surface area contributed by atoms with Crippen LogP contribution in [0, 0.1) is 13.8 Å². The smallest absolute Gasteiger partial charge is 0.295 e. The summed E-state index contributed by atoms with van der Waals surface area (Å²) in [5.74, 6) is -1.36. The second-order valence-electron chi connectivity index (χ2n) is 8.05. The van der Waals surface area contributed by atoms with Crippen LogP contribution in [0.2, 0.25) is 0 Å². The molecule has 0 saturated carbocycles. The number of hydrogen-bond donors (Lipinski definition) is 1. The van der Waals surface area contributed by atoms with Gasteiger partial charge in [0.15, 0.2) is 0 Å². The Morgan fingerprint density at radius 2 is 1.81 bits per heavy atom. The average molecular weight is 421 g/mol. The van der Waals surface area contributed by atoms with Crippen molar-refractivity contribution in [3.05, 3.63) is 70.6 Å². The molecule has 0 aliphatic carbocycles. The molecule has 0 spiro atoms. The first kappa shape index (κ1) is 21.2. The number of carbonyl (C=O) groups is 2. The number of rotatable bonds is 5. The van der Waals surface area contributed by atoms with Crippen LogP contribution in [0.15, 0.2) is 48.3 Å². The van der Waals surface area contributed by atoms with Crippen molar-refractivity contribution in [3.63, 3.8) is 0 Å². The molecule has 1 unspecified atom stereocenters. The summed E-state index contributed by atoms with van der Waals surface area (Å²) < 4.78 is 5.39. The first-order valence-corrected chi connectivity index (χ1v) is 10.5. The quantitative estimate of drug-likeness (QED) is 0.454. The number of nitrogens with zero attached hydrogens (tertiary/aromatic N) is 3. The van der Waals surface area contributed by atoms with Crippen LogP contribution in [0.5, 0.6) is 0 Å². The molecule has 1 aromatic carbocycles. The summed E-state index contributed by atoms with van der Waals surface area (Å²) >= 11 is 0. The van der Waals surface area contributed by atoms with E-state index in [0.717, 1.165) is 29.8 Å². The lowest BCUT2D eigenvalue weighted by atomic mass is 9.94. The zero-order chi connectivity index (χ0) is 22.0. The number of carbonyl (C=O) groups excluding carboxylic acids is 2. The molecule has 1 atom stereocenters. The van der Waals surface area contributed by atoms with E-state index < -0.39 is 17.7 Å². The van der Waals surface area contributed by atoms with E-state index in [-0.39, 0.29) is 11.3 Å². The van der Waals surface area contributed by atoms with Crippen molar-refractivity contribution in [3.8, 4) is 0 Å². The molecule has 0 radical (unpaired) electrons. The van der Waals surface area contributed by atoms with Crippen LogP contribution in [0.1, 0.15) is 28.3 Å². The van der Waals surface area contributed by atoms with Gasteiger partial charge in [-0.05, 0) is 43.2 Å². The maximum atomic E-state index is 13.1. The lowest BCUT2D eigenvalue weighted by Crippen LogP contribution is -2.42. The number of ketones is 1. The van der Waals surface area contributed by atoms with Crippen LogP contribution >= 0.6 is 0 Å². The first-order chi connectivity index (χ1) is 15.0. The predicted octanol–water partition coefficient (Wildman–Crippen LogP) is 2.45. The number of aliphatic hydroxyl groups is 1. The summed E-state index contributed by atoms with van der Waals surface area (Å²) in [4.78, 5) is 34.0. The average Bonchev–Trinajstić information content (AvgIpc) is 3.05. The highest BCUT2D eigenvalue weighted by atomic mass is 16.5. The van der Waals surface area contributed by atoms with Crippen molar-refractivity contribution in [2.75, 3.05) is 39.4 Å². The molecule has 7 nitrogen and oxygen atoms in total. The van der Waals surface area contributed by atoms with Crippen molar-refractivity contribution >= 4 is 17.4 Å². The van der Waals surface area contributed by atoms with Gasteiger partial charge in [-0.3, -0.25) is 19.5 Å². The lowest BCUT2D eigenvalue weighted by molar-refractivity contribution is -0.140. The van der Waals surface area contributed by atoms with Gasteiger partial charge in [0.05, 0.1) is 24.8 Å². The van der Waals surface area contributed by atoms with Gasteiger partial charge in [-0.1, -0.05) is 17.7 Å². The van der Waals surface area contributed by atoms with Crippen molar-refractivity contribution in [1.82, 2.24) is 14.8 Å². The topological polar surface area (TPSA) is 83.0 Å². The predicted molar refractivity (Wildman–Crippen MR) is 116 cm³/mol. The second-order valence-corrected chi connectivity index (χ2v) is 8.05. The lowest BCUT2D eigenvalue weighted by Gasteiger charge is -2.31. The Bertz CT molecular complexity index is 1010. The maximum Gasteiger partial charge on any atom is 0.295 e. The Morgan fingerprint density at radius 1 is 1.10 bits per heavy atom. The van der Waals surface area contributed by atoms with Crippen LogP contribution in [-0.2, 0) is 14.3 Å². The highest BCUT2D eigenvalue weighted by Gasteiger charge is 2.46. The summed E-state index contributed by atoms with van der Waals surface area (Å²) in [7, 11) is 0. The molecule has 2 fully saturated rings. The van der Waals surface area contributed by atoms with Crippen molar-refractivity contribution in [2.45, 2.75) is 19.9 Å². The SMILES string of the molecule is Cc1ccc(C)c(C(O)=C2C(=O)C(=O)N(CCN3CCOCC3)C2c2ccncc2)c1. The van der Waals surface area contributed by atoms with Gasteiger partial charge in [-0.25, -0.2) is 0 Å². The fraction of sp³-hybridized carbons (Fsp3) is 0.375. The molecular weight excluding hydrogens is 394 g/mol. The summed E-state index contributed by atoms with van der Waals surface area (Å²) in [5, 5.41) is 11.2. The molecule has 2 aliphatic heterocycles. The van der Waals surface area contributed by atoms with E-state index in [0.29, 0.717) is 31.9 Å². The van der Waals surface area contributed by atoms with Crippen molar-refractivity contribution in [2.24, 2.45) is 0 Å². The summed E-state index contributed by atoms with van der Waals surface area (Å²) in [5.41, 5.74) is 3.27. The Hall–Kier alpha value is -3.03. The Labute approximate surface area is 182 Å². The van der Waals surface area contributed by atoms with Gasteiger partial charge in [0.2, 0.25) is 0 Å². The van der Waals surface area contributed by atoms with E-state index >= 15 is 0 Å². The third-order valence-corrected chi connectivity index (χ3v) is 5.97. The molecule has 2 aliphatic rings. The second kappa shape index (κ2) is 8.99. The van der Waals surface area contributed by atoms with E-state index in [9.17, 15) is 14.7 Å². The van der Waals surface area contributed by atoms with E-state index in [1.165, 1.54) is 0 Å². The highest BCUT2D eigenvalue weighted by Crippen LogP contribution is 2.39. The van der Waals surface area contributed by atoms with Crippen molar-refractivity contribution in [1.29, 1.82) is 0 Å². The molecule has 2 aromatic rings. The molecule has 162 valence electrons. The third-order valence-electron chi connectivity index (χ3n) is 5.97. The van der Waals surface area contributed by atoms with Gasteiger partial charge in [-0.15, -0.1) is 0 Å². The standard InChI is InChI=1S/C24H27N3O4/c1-16-3-4-17(2)19(15-16)22(28)20-21(18-5-7-25-8-6-18)27(24(30)23(20)29)10-9-26-11-13-31-14-12-26/h3-8,15,21,28H,9-14H2,1-2H3. The molecule has 3 heterocycles. The van der Waals surface area contributed by atoms with Gasteiger partial charge in [-0.2, -0.15) is 0 Å². The normalized spacial score (nSPS) is 21.6. The van der Waals surface area contributed by atoms with Crippen LogP contribution in [-0.4, -0.2) is 71.0 Å².